The normalized spacial score (nSPS) is 14.9. The number of carboxylic acid groups (broad SMARTS) is 1. The minimum Gasteiger partial charge on any atom is -0.475 e. The second kappa shape index (κ2) is 11.2. The van der Waals surface area contributed by atoms with Crippen LogP contribution in [0.15, 0.2) is 36.4 Å². The van der Waals surface area contributed by atoms with Gasteiger partial charge in [0.15, 0.2) is 17.3 Å². The molecule has 0 bridgehead atoms. The van der Waals surface area contributed by atoms with E-state index in [9.17, 15) is 40.6 Å². The van der Waals surface area contributed by atoms with E-state index < -0.39 is 47.6 Å². The molecule has 5 rings (SSSR count). The predicted molar refractivity (Wildman–Crippen MR) is 136 cm³/mol. The lowest BCUT2D eigenvalue weighted by Gasteiger charge is -2.32. The Morgan fingerprint density at radius 2 is 1.71 bits per heavy atom. The number of carbonyl (C=O) groups is 1. The molecule has 3 aromatic heterocycles. The summed E-state index contributed by atoms with van der Waals surface area (Å²) in [6, 6.07) is 5.37. The number of fused-ring (bicyclic) bond motifs is 1. The smallest absolute Gasteiger partial charge is 0.416 e. The number of nitrogens with zero attached hydrogens (tertiary/aromatic N) is 5. The van der Waals surface area contributed by atoms with Gasteiger partial charge in [0.05, 0.1) is 5.56 Å². The average molecular weight is 597 g/mol. The van der Waals surface area contributed by atoms with E-state index in [1.807, 2.05) is 6.92 Å². The molecule has 42 heavy (non-hydrogen) atoms. The molecule has 2 N–H and O–H groups in total. The standard InChI is InChI=1S/C27H23F7N6O2/c1-12(14-3-2-4-14)35-22-19-23(38-24(37-22)26(41)42)39-25(18-10-15(20(28)29)9-17(36-18)21(30)31)40(19)11-13-5-7-16(8-6-13)27(32,33)34/h5-10,12,14,20-21H,2-4,11H2,1H3,(H,41,42)(H,35,37,38). The molecule has 1 aromatic carbocycles. The van der Waals surface area contributed by atoms with Gasteiger partial charge in [0.2, 0.25) is 5.82 Å². The van der Waals surface area contributed by atoms with Crippen LogP contribution >= 0.6 is 0 Å². The number of hydrogen-bond acceptors (Lipinski definition) is 6. The Morgan fingerprint density at radius 3 is 2.26 bits per heavy atom. The van der Waals surface area contributed by atoms with E-state index in [-0.39, 0.29) is 47.0 Å². The maximum atomic E-state index is 13.7. The van der Waals surface area contributed by atoms with Crippen molar-refractivity contribution in [3.8, 4) is 11.5 Å². The Kier molecular flexibility index (Phi) is 7.77. The zero-order valence-electron chi connectivity index (χ0n) is 21.8. The summed E-state index contributed by atoms with van der Waals surface area (Å²) in [6.07, 6.45) is -8.06. The topological polar surface area (TPSA) is 106 Å². The van der Waals surface area contributed by atoms with Crippen molar-refractivity contribution >= 4 is 23.0 Å². The van der Waals surface area contributed by atoms with Crippen LogP contribution in [0.25, 0.3) is 22.7 Å². The highest BCUT2D eigenvalue weighted by molar-refractivity contribution is 5.92. The van der Waals surface area contributed by atoms with Gasteiger partial charge in [0.25, 0.3) is 12.9 Å². The zero-order valence-corrected chi connectivity index (χ0v) is 21.8. The van der Waals surface area contributed by atoms with Crippen molar-refractivity contribution in [1.29, 1.82) is 0 Å². The van der Waals surface area contributed by atoms with Crippen molar-refractivity contribution in [2.24, 2.45) is 5.92 Å². The Labute approximate surface area is 233 Å². The van der Waals surface area contributed by atoms with Crippen LogP contribution in [-0.2, 0) is 12.7 Å². The molecule has 1 aliphatic carbocycles. The van der Waals surface area contributed by atoms with Crippen molar-refractivity contribution < 1.29 is 40.6 Å². The lowest BCUT2D eigenvalue weighted by atomic mass is 9.80. The van der Waals surface area contributed by atoms with Crippen molar-refractivity contribution in [3.05, 3.63) is 64.6 Å². The summed E-state index contributed by atoms with van der Waals surface area (Å²) in [5, 5.41) is 12.8. The van der Waals surface area contributed by atoms with Crippen LogP contribution in [0.2, 0.25) is 0 Å². The van der Waals surface area contributed by atoms with Crippen LogP contribution in [0.3, 0.4) is 0 Å². The number of aromatic carboxylic acids is 1. The number of halogens is 7. The monoisotopic (exact) mass is 596 g/mol. The van der Waals surface area contributed by atoms with Crippen LogP contribution in [0.1, 0.15) is 72.0 Å². The average Bonchev–Trinajstić information content (AvgIpc) is 3.25. The maximum Gasteiger partial charge on any atom is 0.416 e. The van der Waals surface area contributed by atoms with Crippen molar-refractivity contribution in [3.63, 3.8) is 0 Å². The maximum absolute atomic E-state index is 13.7. The molecule has 4 aromatic rings. The van der Waals surface area contributed by atoms with E-state index in [1.54, 1.807) is 0 Å². The predicted octanol–water partition coefficient (Wildman–Crippen LogP) is 7.13. The lowest BCUT2D eigenvalue weighted by molar-refractivity contribution is -0.137. The summed E-state index contributed by atoms with van der Waals surface area (Å²) >= 11 is 0. The molecule has 1 aliphatic rings. The van der Waals surface area contributed by atoms with Crippen LogP contribution in [0, 0.1) is 5.92 Å². The fourth-order valence-electron chi connectivity index (χ4n) is 4.76. The number of nitrogens with one attached hydrogen (secondary N) is 1. The van der Waals surface area contributed by atoms with Gasteiger partial charge in [-0.15, -0.1) is 0 Å². The molecule has 8 nitrogen and oxygen atoms in total. The van der Waals surface area contributed by atoms with Gasteiger partial charge in [-0.1, -0.05) is 18.6 Å². The van der Waals surface area contributed by atoms with Crippen LogP contribution in [0.5, 0.6) is 0 Å². The second-order valence-corrected chi connectivity index (χ2v) is 10.0. The third-order valence-electron chi connectivity index (χ3n) is 7.21. The van der Waals surface area contributed by atoms with Crippen molar-refractivity contribution in [1.82, 2.24) is 24.5 Å². The first-order chi connectivity index (χ1) is 19.8. The summed E-state index contributed by atoms with van der Waals surface area (Å²) in [7, 11) is 0. The summed E-state index contributed by atoms with van der Waals surface area (Å²) < 4.78 is 95.4. The SMILES string of the molecule is CC(Nc1nc(C(=O)O)nc2nc(-c3cc(C(F)F)cc(C(F)F)n3)n(Cc3ccc(C(F)(F)F)cc3)c12)C1CCC1. The number of carboxylic acids is 1. The molecule has 0 radical (unpaired) electrons. The molecule has 15 heteroatoms. The summed E-state index contributed by atoms with van der Waals surface area (Å²) in [4.78, 5) is 28.1. The number of benzene rings is 1. The van der Waals surface area contributed by atoms with Crippen LogP contribution < -0.4 is 5.32 Å². The minimum absolute atomic E-state index is 0.0292. The molecular formula is C27H23F7N6O2. The van der Waals surface area contributed by atoms with Gasteiger partial charge in [-0.3, -0.25) is 0 Å². The van der Waals surface area contributed by atoms with Gasteiger partial charge in [-0.25, -0.2) is 42.3 Å². The molecule has 1 atom stereocenters. The number of anilines is 1. The number of aromatic nitrogens is 5. The first-order valence-electron chi connectivity index (χ1n) is 12.8. The molecule has 0 saturated heterocycles. The fraction of sp³-hybridized carbons (Fsp3) is 0.370. The van der Waals surface area contributed by atoms with E-state index >= 15 is 0 Å². The molecule has 0 spiro atoms. The third-order valence-corrected chi connectivity index (χ3v) is 7.21. The van der Waals surface area contributed by atoms with Gasteiger partial charge in [0, 0.05) is 18.2 Å². The van der Waals surface area contributed by atoms with Gasteiger partial charge >= 0.3 is 12.1 Å². The van der Waals surface area contributed by atoms with E-state index in [0.717, 1.165) is 37.5 Å². The van der Waals surface area contributed by atoms with E-state index in [0.29, 0.717) is 11.6 Å². The van der Waals surface area contributed by atoms with Gasteiger partial charge in [-0.05, 0) is 55.5 Å². The Bertz CT molecular complexity index is 1590. The highest BCUT2D eigenvalue weighted by atomic mass is 19.4. The first kappa shape index (κ1) is 29.2. The van der Waals surface area contributed by atoms with Gasteiger partial charge < -0.3 is 15.0 Å². The summed E-state index contributed by atoms with van der Waals surface area (Å²) in [5.74, 6) is -2.05. The summed E-state index contributed by atoms with van der Waals surface area (Å²) in [5.41, 5.74) is -2.77. The van der Waals surface area contributed by atoms with E-state index in [2.05, 4.69) is 25.3 Å². The number of rotatable bonds is 9. The number of alkyl halides is 7. The van der Waals surface area contributed by atoms with Crippen LogP contribution in [-0.4, -0.2) is 41.6 Å². The highest BCUT2D eigenvalue weighted by Crippen LogP contribution is 2.36. The lowest BCUT2D eigenvalue weighted by Crippen LogP contribution is -2.31. The molecule has 0 amide bonds. The largest absolute Gasteiger partial charge is 0.475 e. The molecule has 1 unspecified atom stereocenters. The van der Waals surface area contributed by atoms with Gasteiger partial charge in [0.1, 0.15) is 16.9 Å². The first-order valence-corrected chi connectivity index (χ1v) is 12.8. The molecule has 3 heterocycles. The minimum atomic E-state index is -4.59. The second-order valence-electron chi connectivity index (χ2n) is 10.0. The molecular weight excluding hydrogens is 573 g/mol. The van der Waals surface area contributed by atoms with Crippen LogP contribution in [0.4, 0.5) is 36.6 Å². The number of pyridine rings is 1. The Balaban J connectivity index is 1.74. The molecule has 222 valence electrons. The van der Waals surface area contributed by atoms with E-state index in [4.69, 9.17) is 0 Å². The number of imidazole rings is 1. The summed E-state index contributed by atoms with van der Waals surface area (Å²) in [6.45, 7) is 1.65. The Morgan fingerprint density at radius 1 is 1.02 bits per heavy atom. The van der Waals surface area contributed by atoms with Gasteiger partial charge in [-0.2, -0.15) is 13.2 Å². The zero-order chi connectivity index (χ0) is 30.3. The number of hydrogen-bond donors (Lipinski definition) is 2. The Hall–Kier alpha value is -4.30. The van der Waals surface area contributed by atoms with Crippen molar-refractivity contribution in [2.75, 3.05) is 5.32 Å². The quantitative estimate of drug-likeness (QED) is 0.198. The molecule has 0 aliphatic heterocycles. The third kappa shape index (κ3) is 5.85. The fourth-order valence-corrected chi connectivity index (χ4v) is 4.76. The highest BCUT2D eigenvalue weighted by Gasteiger charge is 2.31. The molecule has 1 saturated carbocycles. The van der Waals surface area contributed by atoms with E-state index in [1.165, 1.54) is 16.7 Å². The van der Waals surface area contributed by atoms with Crippen molar-refractivity contribution in [2.45, 2.75) is 57.8 Å². The molecule has 1 fully saturated rings.